The molecule has 0 aromatic carbocycles. The van der Waals surface area contributed by atoms with Crippen molar-refractivity contribution in [2.45, 2.75) is 45.8 Å². The van der Waals surface area contributed by atoms with Crippen LogP contribution >= 0.6 is 0 Å². The fourth-order valence-electron chi connectivity index (χ4n) is 2.33. The molecule has 0 spiro atoms. The molecule has 5 nitrogen and oxygen atoms in total. The summed E-state index contributed by atoms with van der Waals surface area (Å²) in [6.45, 7) is 10.1. The molecule has 0 amide bonds. The lowest BCUT2D eigenvalue weighted by atomic mass is 9.84. The number of pyridine rings is 1. The van der Waals surface area contributed by atoms with Crippen molar-refractivity contribution in [3.63, 3.8) is 0 Å². The minimum Gasteiger partial charge on any atom is -0.398 e. The highest BCUT2D eigenvalue weighted by molar-refractivity contribution is 6.61. The van der Waals surface area contributed by atoms with E-state index in [-0.39, 0.29) is 11.2 Å². The van der Waals surface area contributed by atoms with Gasteiger partial charge in [-0.05, 0) is 46.8 Å². The first-order chi connectivity index (χ1) is 9.80. The average molecular weight is 285 g/mol. The standard InChI is InChI=1S/C15H20BN3O2/c1-11-17-8-9-19(11)12-6-7-18-13(10-12)16-20-14(2,3)15(4,5)21-16/h6-10H,1-5H3. The minimum atomic E-state index is -0.446. The smallest absolute Gasteiger partial charge is 0.398 e. The van der Waals surface area contributed by atoms with Crippen molar-refractivity contribution in [1.82, 2.24) is 14.5 Å². The van der Waals surface area contributed by atoms with Crippen LogP contribution in [-0.2, 0) is 9.31 Å². The van der Waals surface area contributed by atoms with E-state index in [0.717, 1.165) is 17.1 Å². The lowest BCUT2D eigenvalue weighted by molar-refractivity contribution is 0.00578. The number of aryl methyl sites for hydroxylation is 1. The van der Waals surface area contributed by atoms with Gasteiger partial charge in [0.1, 0.15) is 5.82 Å². The first kappa shape index (κ1) is 14.3. The maximum Gasteiger partial charge on any atom is 0.514 e. The van der Waals surface area contributed by atoms with Gasteiger partial charge >= 0.3 is 7.12 Å². The van der Waals surface area contributed by atoms with Crippen LogP contribution in [0.5, 0.6) is 0 Å². The lowest BCUT2D eigenvalue weighted by Gasteiger charge is -2.32. The van der Waals surface area contributed by atoms with E-state index >= 15 is 0 Å². The summed E-state index contributed by atoms with van der Waals surface area (Å²) in [6.07, 6.45) is 5.48. The molecular weight excluding hydrogens is 265 g/mol. The van der Waals surface area contributed by atoms with E-state index in [0.29, 0.717) is 0 Å². The minimum absolute atomic E-state index is 0.361. The van der Waals surface area contributed by atoms with Crippen LogP contribution in [0.3, 0.4) is 0 Å². The second kappa shape index (κ2) is 4.68. The zero-order valence-electron chi connectivity index (χ0n) is 13.1. The molecule has 0 atom stereocenters. The molecular formula is C15H20BN3O2. The van der Waals surface area contributed by atoms with Crippen LogP contribution in [0.4, 0.5) is 0 Å². The maximum absolute atomic E-state index is 6.04. The van der Waals surface area contributed by atoms with E-state index in [2.05, 4.69) is 9.97 Å². The molecule has 1 fully saturated rings. The Bertz CT molecular complexity index is 650. The number of hydrogen-bond acceptors (Lipinski definition) is 4. The van der Waals surface area contributed by atoms with Gasteiger partial charge in [0.25, 0.3) is 0 Å². The molecule has 2 aromatic rings. The fraction of sp³-hybridized carbons (Fsp3) is 0.467. The van der Waals surface area contributed by atoms with Gasteiger partial charge in [-0.25, -0.2) is 4.98 Å². The van der Waals surface area contributed by atoms with Crippen molar-refractivity contribution in [2.75, 3.05) is 0 Å². The number of hydrogen-bond donors (Lipinski definition) is 0. The highest BCUT2D eigenvalue weighted by atomic mass is 16.7. The summed E-state index contributed by atoms with van der Waals surface area (Å²) in [5.74, 6) is 0.932. The summed E-state index contributed by atoms with van der Waals surface area (Å²) in [6, 6.07) is 3.93. The number of rotatable bonds is 2. The highest BCUT2D eigenvalue weighted by Gasteiger charge is 2.52. The molecule has 1 aliphatic heterocycles. The summed E-state index contributed by atoms with van der Waals surface area (Å²) in [5, 5.41) is 0. The fourth-order valence-corrected chi connectivity index (χ4v) is 2.33. The second-order valence-corrected chi connectivity index (χ2v) is 6.37. The molecule has 0 saturated carbocycles. The number of imidazole rings is 1. The zero-order valence-corrected chi connectivity index (χ0v) is 13.1. The first-order valence-electron chi connectivity index (χ1n) is 7.12. The Morgan fingerprint density at radius 3 is 2.29 bits per heavy atom. The average Bonchev–Trinajstić information content (AvgIpc) is 2.92. The van der Waals surface area contributed by atoms with E-state index in [4.69, 9.17) is 9.31 Å². The molecule has 0 aliphatic carbocycles. The van der Waals surface area contributed by atoms with Crippen LogP contribution in [0.1, 0.15) is 33.5 Å². The van der Waals surface area contributed by atoms with Crippen molar-refractivity contribution in [3.8, 4) is 5.69 Å². The molecule has 2 aromatic heterocycles. The molecule has 0 unspecified atom stereocenters. The molecule has 1 aliphatic rings. The third-order valence-corrected chi connectivity index (χ3v) is 4.36. The van der Waals surface area contributed by atoms with Gasteiger partial charge in [0.15, 0.2) is 0 Å². The topological polar surface area (TPSA) is 49.2 Å². The number of aromatic nitrogens is 3. The molecule has 6 heteroatoms. The van der Waals surface area contributed by atoms with Crippen molar-refractivity contribution in [2.24, 2.45) is 0 Å². The van der Waals surface area contributed by atoms with Crippen molar-refractivity contribution >= 4 is 12.7 Å². The van der Waals surface area contributed by atoms with Gasteiger partial charge in [0.05, 0.1) is 16.8 Å². The van der Waals surface area contributed by atoms with Gasteiger partial charge in [-0.1, -0.05) is 0 Å². The van der Waals surface area contributed by atoms with Gasteiger partial charge in [-0.2, -0.15) is 0 Å². The summed E-state index contributed by atoms with van der Waals surface area (Å²) >= 11 is 0. The van der Waals surface area contributed by atoms with E-state index in [1.807, 2.05) is 57.5 Å². The van der Waals surface area contributed by atoms with Crippen molar-refractivity contribution < 1.29 is 9.31 Å². The normalized spacial score (nSPS) is 20.0. The molecule has 0 radical (unpaired) electrons. The molecule has 1 saturated heterocycles. The van der Waals surface area contributed by atoms with Crippen LogP contribution in [0.2, 0.25) is 0 Å². The molecule has 3 heterocycles. The molecule has 110 valence electrons. The van der Waals surface area contributed by atoms with E-state index in [1.165, 1.54) is 0 Å². The highest BCUT2D eigenvalue weighted by Crippen LogP contribution is 2.36. The summed E-state index contributed by atoms with van der Waals surface area (Å²) in [4.78, 5) is 8.65. The maximum atomic E-state index is 6.04. The largest absolute Gasteiger partial charge is 0.514 e. The molecule has 0 bridgehead atoms. The van der Waals surface area contributed by atoms with Crippen molar-refractivity contribution in [3.05, 3.63) is 36.5 Å². The van der Waals surface area contributed by atoms with E-state index < -0.39 is 7.12 Å². The molecule has 0 N–H and O–H groups in total. The SMILES string of the molecule is Cc1nccn1-c1ccnc(B2OC(C)(C)C(C)(C)O2)c1. The van der Waals surface area contributed by atoms with Gasteiger partial charge in [0.2, 0.25) is 0 Å². The lowest BCUT2D eigenvalue weighted by Crippen LogP contribution is -2.41. The number of nitrogens with zero attached hydrogens (tertiary/aromatic N) is 3. The second-order valence-electron chi connectivity index (χ2n) is 6.37. The Labute approximate surface area is 125 Å². The van der Waals surface area contributed by atoms with Crippen LogP contribution in [-0.4, -0.2) is 32.9 Å². The van der Waals surface area contributed by atoms with Crippen molar-refractivity contribution in [1.29, 1.82) is 0 Å². The van der Waals surface area contributed by atoms with Gasteiger partial charge in [-0.3, -0.25) is 4.98 Å². The Morgan fingerprint density at radius 1 is 1.05 bits per heavy atom. The van der Waals surface area contributed by atoms with E-state index in [9.17, 15) is 0 Å². The molecule has 21 heavy (non-hydrogen) atoms. The predicted octanol–water partition coefficient (Wildman–Crippen LogP) is 1.87. The van der Waals surface area contributed by atoms with Gasteiger partial charge in [0, 0.05) is 24.3 Å². The summed E-state index contributed by atoms with van der Waals surface area (Å²) in [5.41, 5.74) is 1.06. The first-order valence-corrected chi connectivity index (χ1v) is 7.12. The van der Waals surface area contributed by atoms with Gasteiger partial charge in [-0.15, -0.1) is 0 Å². The Kier molecular flexibility index (Phi) is 3.18. The Balaban J connectivity index is 1.94. The molecule has 3 rings (SSSR count). The third kappa shape index (κ3) is 2.38. The Hall–Kier alpha value is -1.66. The summed E-state index contributed by atoms with van der Waals surface area (Å²) in [7, 11) is -0.446. The zero-order chi connectivity index (χ0) is 15.3. The summed E-state index contributed by atoms with van der Waals surface area (Å²) < 4.78 is 14.1. The van der Waals surface area contributed by atoms with E-state index in [1.54, 1.807) is 12.4 Å². The van der Waals surface area contributed by atoms with Crippen LogP contribution in [0.25, 0.3) is 5.69 Å². The quantitative estimate of drug-likeness (QED) is 0.790. The van der Waals surface area contributed by atoms with Crippen LogP contribution in [0, 0.1) is 6.92 Å². The van der Waals surface area contributed by atoms with Crippen LogP contribution < -0.4 is 5.59 Å². The Morgan fingerprint density at radius 2 is 1.71 bits per heavy atom. The monoisotopic (exact) mass is 285 g/mol. The van der Waals surface area contributed by atoms with Gasteiger partial charge < -0.3 is 13.9 Å². The van der Waals surface area contributed by atoms with Crippen LogP contribution in [0.15, 0.2) is 30.7 Å². The predicted molar refractivity (Wildman–Crippen MR) is 81.8 cm³/mol. The third-order valence-electron chi connectivity index (χ3n) is 4.36.